The van der Waals surface area contributed by atoms with Gasteiger partial charge in [-0.2, -0.15) is 0 Å². The average molecular weight is 263 g/mol. The molecule has 0 radical (unpaired) electrons. The van der Waals surface area contributed by atoms with Crippen molar-refractivity contribution in [2.75, 3.05) is 14.2 Å². The fraction of sp³-hybridized carbons (Fsp3) is 0.231. The van der Waals surface area contributed by atoms with Crippen LogP contribution in [0.1, 0.15) is 20.9 Å². The molecule has 2 rings (SSSR count). The lowest BCUT2D eigenvalue weighted by atomic mass is 10.1. The van der Waals surface area contributed by atoms with Gasteiger partial charge in [0.05, 0.1) is 35.9 Å². The van der Waals surface area contributed by atoms with Gasteiger partial charge in [-0.15, -0.1) is 11.3 Å². The van der Waals surface area contributed by atoms with Crippen molar-refractivity contribution in [1.82, 2.24) is 4.98 Å². The molecule has 0 aliphatic carbocycles. The van der Waals surface area contributed by atoms with Crippen molar-refractivity contribution in [3.63, 3.8) is 0 Å². The highest BCUT2D eigenvalue weighted by Gasteiger charge is 2.19. The highest BCUT2D eigenvalue weighted by atomic mass is 32.1. The van der Waals surface area contributed by atoms with Gasteiger partial charge < -0.3 is 9.47 Å². The summed E-state index contributed by atoms with van der Waals surface area (Å²) in [6.07, 6.45) is 0. The summed E-state index contributed by atoms with van der Waals surface area (Å²) in [7, 11) is 3.10. The Bertz CT molecular complexity index is 577. The second-order valence-corrected chi connectivity index (χ2v) is 4.52. The summed E-state index contributed by atoms with van der Waals surface area (Å²) in [5.41, 5.74) is 2.88. The number of aromatic nitrogens is 1. The van der Waals surface area contributed by atoms with Crippen molar-refractivity contribution in [1.29, 1.82) is 0 Å². The van der Waals surface area contributed by atoms with E-state index in [4.69, 9.17) is 9.47 Å². The molecular weight excluding hydrogens is 250 g/mol. The van der Waals surface area contributed by atoms with Gasteiger partial charge >= 0.3 is 0 Å². The molecule has 1 heterocycles. The number of carbonyl (C=O) groups is 1. The van der Waals surface area contributed by atoms with Crippen LogP contribution in [0.5, 0.6) is 11.5 Å². The Morgan fingerprint density at radius 3 is 2.61 bits per heavy atom. The molecule has 0 fully saturated rings. The predicted octanol–water partition coefficient (Wildman–Crippen LogP) is 2.70. The van der Waals surface area contributed by atoms with E-state index in [1.54, 1.807) is 30.8 Å². The van der Waals surface area contributed by atoms with Crippen molar-refractivity contribution >= 4 is 17.1 Å². The van der Waals surface area contributed by atoms with E-state index in [0.29, 0.717) is 21.9 Å². The zero-order valence-electron chi connectivity index (χ0n) is 10.4. The van der Waals surface area contributed by atoms with E-state index in [1.165, 1.54) is 18.4 Å². The number of hydrogen-bond acceptors (Lipinski definition) is 5. The Hall–Kier alpha value is -1.88. The summed E-state index contributed by atoms with van der Waals surface area (Å²) < 4.78 is 10.3. The fourth-order valence-electron chi connectivity index (χ4n) is 1.63. The molecule has 1 aromatic heterocycles. The molecule has 0 bridgehead atoms. The third-order valence-electron chi connectivity index (χ3n) is 2.60. The molecule has 94 valence electrons. The van der Waals surface area contributed by atoms with Crippen molar-refractivity contribution in [2.24, 2.45) is 0 Å². The number of methoxy groups -OCH3 is 2. The molecule has 18 heavy (non-hydrogen) atoms. The maximum absolute atomic E-state index is 12.4. The van der Waals surface area contributed by atoms with Crippen LogP contribution in [0.25, 0.3) is 0 Å². The molecule has 0 aliphatic rings. The van der Waals surface area contributed by atoms with Crippen LogP contribution in [0.2, 0.25) is 0 Å². The molecule has 0 saturated carbocycles. The maximum atomic E-state index is 12.4. The molecule has 0 saturated heterocycles. The minimum atomic E-state index is -0.0919. The molecule has 0 spiro atoms. The second kappa shape index (κ2) is 5.18. The van der Waals surface area contributed by atoms with Crippen LogP contribution in [-0.4, -0.2) is 25.0 Å². The first-order valence-corrected chi connectivity index (χ1v) is 6.22. The quantitative estimate of drug-likeness (QED) is 0.796. The van der Waals surface area contributed by atoms with Gasteiger partial charge in [0.25, 0.3) is 0 Å². The summed E-state index contributed by atoms with van der Waals surface area (Å²) in [5, 5.41) is 0. The standard InChI is InChI=1S/C13H13NO3S/c1-8-13(18-7-14-8)12(15)10-6-9(16-2)4-5-11(10)17-3/h4-7H,1-3H3. The Balaban J connectivity index is 2.49. The largest absolute Gasteiger partial charge is 0.497 e. The number of rotatable bonds is 4. The Morgan fingerprint density at radius 1 is 1.28 bits per heavy atom. The van der Waals surface area contributed by atoms with E-state index in [2.05, 4.69) is 4.98 Å². The first kappa shape index (κ1) is 12.6. The fourth-order valence-corrected chi connectivity index (χ4v) is 2.39. The SMILES string of the molecule is COc1ccc(OC)c(C(=O)c2scnc2C)c1. The van der Waals surface area contributed by atoms with Crippen LogP contribution in [-0.2, 0) is 0 Å². The van der Waals surface area contributed by atoms with Crippen molar-refractivity contribution in [2.45, 2.75) is 6.92 Å². The number of nitrogens with zero attached hydrogens (tertiary/aromatic N) is 1. The zero-order valence-corrected chi connectivity index (χ0v) is 11.2. The van der Waals surface area contributed by atoms with E-state index < -0.39 is 0 Å². The Kier molecular flexibility index (Phi) is 3.62. The minimum Gasteiger partial charge on any atom is -0.497 e. The highest BCUT2D eigenvalue weighted by Crippen LogP contribution is 2.28. The third-order valence-corrected chi connectivity index (χ3v) is 3.53. The van der Waals surface area contributed by atoms with Crippen LogP contribution in [0.4, 0.5) is 0 Å². The van der Waals surface area contributed by atoms with Gasteiger partial charge in [0.1, 0.15) is 11.5 Å². The molecule has 1 aromatic carbocycles. The molecule has 0 amide bonds. The zero-order chi connectivity index (χ0) is 13.1. The second-order valence-electron chi connectivity index (χ2n) is 3.66. The molecule has 0 atom stereocenters. The van der Waals surface area contributed by atoms with Gasteiger partial charge in [-0.3, -0.25) is 4.79 Å². The van der Waals surface area contributed by atoms with Gasteiger partial charge in [-0.1, -0.05) is 0 Å². The molecule has 0 N–H and O–H groups in total. The van der Waals surface area contributed by atoms with E-state index in [1.807, 2.05) is 6.92 Å². The summed E-state index contributed by atoms with van der Waals surface area (Å²) in [6.45, 7) is 1.82. The van der Waals surface area contributed by atoms with E-state index in [0.717, 1.165) is 5.69 Å². The average Bonchev–Trinajstić information content (AvgIpc) is 2.83. The smallest absolute Gasteiger partial charge is 0.208 e. The number of ether oxygens (including phenoxy) is 2. The van der Waals surface area contributed by atoms with Crippen LogP contribution in [0.15, 0.2) is 23.7 Å². The topological polar surface area (TPSA) is 48.4 Å². The van der Waals surface area contributed by atoms with Crippen molar-refractivity contribution in [3.8, 4) is 11.5 Å². The Labute approximate surface area is 109 Å². The van der Waals surface area contributed by atoms with Gasteiger partial charge in [0.15, 0.2) is 0 Å². The summed E-state index contributed by atoms with van der Waals surface area (Å²) in [4.78, 5) is 17.1. The normalized spacial score (nSPS) is 10.2. The predicted molar refractivity (Wildman–Crippen MR) is 69.8 cm³/mol. The molecular formula is C13H13NO3S. The summed E-state index contributed by atoms with van der Waals surface area (Å²) >= 11 is 1.33. The van der Waals surface area contributed by atoms with Crippen molar-refractivity contribution < 1.29 is 14.3 Å². The molecule has 0 aliphatic heterocycles. The van der Waals surface area contributed by atoms with Gasteiger partial charge in [0, 0.05) is 0 Å². The number of benzene rings is 1. The number of thiazole rings is 1. The molecule has 4 nitrogen and oxygen atoms in total. The lowest BCUT2D eigenvalue weighted by molar-refractivity contribution is 0.103. The first-order chi connectivity index (χ1) is 8.67. The monoisotopic (exact) mass is 263 g/mol. The van der Waals surface area contributed by atoms with Gasteiger partial charge in [-0.05, 0) is 25.1 Å². The van der Waals surface area contributed by atoms with Crippen molar-refractivity contribution in [3.05, 3.63) is 39.8 Å². The van der Waals surface area contributed by atoms with Crippen LogP contribution >= 0.6 is 11.3 Å². The number of aryl methyl sites for hydroxylation is 1. The highest BCUT2D eigenvalue weighted by molar-refractivity contribution is 7.12. The van der Waals surface area contributed by atoms with Crippen LogP contribution in [0, 0.1) is 6.92 Å². The van der Waals surface area contributed by atoms with E-state index in [9.17, 15) is 4.79 Å². The van der Waals surface area contributed by atoms with E-state index in [-0.39, 0.29) is 5.78 Å². The van der Waals surface area contributed by atoms with Crippen LogP contribution in [0.3, 0.4) is 0 Å². The van der Waals surface area contributed by atoms with E-state index >= 15 is 0 Å². The molecule has 2 aromatic rings. The maximum Gasteiger partial charge on any atom is 0.208 e. The lowest BCUT2D eigenvalue weighted by Gasteiger charge is -2.09. The minimum absolute atomic E-state index is 0.0919. The van der Waals surface area contributed by atoms with Gasteiger partial charge in [0.2, 0.25) is 5.78 Å². The van der Waals surface area contributed by atoms with Gasteiger partial charge in [-0.25, -0.2) is 4.98 Å². The number of ketones is 1. The molecule has 5 heteroatoms. The Morgan fingerprint density at radius 2 is 2.06 bits per heavy atom. The summed E-state index contributed by atoms with van der Waals surface area (Å²) in [5.74, 6) is 1.07. The third kappa shape index (κ3) is 2.22. The van der Waals surface area contributed by atoms with Crippen LogP contribution < -0.4 is 9.47 Å². The first-order valence-electron chi connectivity index (χ1n) is 5.34. The number of carbonyl (C=O) groups excluding carboxylic acids is 1. The summed E-state index contributed by atoms with van der Waals surface area (Å²) in [6, 6.07) is 5.16. The lowest BCUT2D eigenvalue weighted by Crippen LogP contribution is -2.04. The number of hydrogen-bond donors (Lipinski definition) is 0. The molecule has 0 unspecified atom stereocenters.